The Balaban J connectivity index is 2.75. The quantitative estimate of drug-likeness (QED) is 0.500. The van der Waals surface area contributed by atoms with Crippen LogP contribution in [0.3, 0.4) is 0 Å². The van der Waals surface area contributed by atoms with Gasteiger partial charge in [0.25, 0.3) is 11.7 Å². The van der Waals surface area contributed by atoms with Crippen molar-refractivity contribution in [1.82, 2.24) is 5.32 Å². The summed E-state index contributed by atoms with van der Waals surface area (Å²) in [6.45, 7) is 8.68. The van der Waals surface area contributed by atoms with Crippen LogP contribution >= 0.6 is 11.8 Å². The van der Waals surface area contributed by atoms with Gasteiger partial charge in [-0.25, -0.2) is 4.39 Å². The predicted molar refractivity (Wildman–Crippen MR) is 93.0 cm³/mol. The van der Waals surface area contributed by atoms with Gasteiger partial charge in [0, 0.05) is 5.54 Å². The lowest BCUT2D eigenvalue weighted by atomic mass is 10.1. The molecule has 0 spiro atoms. The van der Waals surface area contributed by atoms with Gasteiger partial charge in [-0.1, -0.05) is 17.8 Å². The topological polar surface area (TPSA) is 70.0 Å². The number of allylic oxidation sites excluding steroid dienone is 1. The van der Waals surface area contributed by atoms with Crippen LogP contribution < -0.4 is 5.32 Å². The van der Waals surface area contributed by atoms with E-state index in [1.807, 2.05) is 0 Å². The summed E-state index contributed by atoms with van der Waals surface area (Å²) in [5.74, 6) is -1.94. The fraction of sp³-hybridized carbons (Fsp3) is 0.353. The third-order valence-electron chi connectivity index (χ3n) is 2.72. The minimum absolute atomic E-state index is 0.283. The van der Waals surface area contributed by atoms with Crippen LogP contribution in [0.25, 0.3) is 6.08 Å². The number of carbonyl (C=O) groups excluding carboxylic acids is 2. The van der Waals surface area contributed by atoms with E-state index in [-0.39, 0.29) is 10.9 Å². The maximum atomic E-state index is 13.2. The maximum Gasteiger partial charge on any atom is 0.295 e. The molecule has 0 radical (unpaired) electrons. The second-order valence-electron chi connectivity index (χ2n) is 6.23. The van der Waals surface area contributed by atoms with Crippen molar-refractivity contribution in [2.24, 2.45) is 0 Å². The first-order chi connectivity index (χ1) is 10.5. The molecule has 0 saturated carbocycles. The number of rotatable bonds is 4. The molecule has 124 valence electrons. The van der Waals surface area contributed by atoms with Gasteiger partial charge >= 0.3 is 0 Å². The fourth-order valence-electron chi connectivity index (χ4n) is 1.73. The summed E-state index contributed by atoms with van der Waals surface area (Å²) in [6, 6.07) is 4.66. The molecule has 1 aromatic rings. The molecule has 0 saturated heterocycles. The average molecular weight is 336 g/mol. The summed E-state index contributed by atoms with van der Waals surface area (Å²) in [4.78, 5) is 24.3. The van der Waals surface area contributed by atoms with E-state index in [1.54, 1.807) is 52.8 Å². The Kier molecular flexibility index (Phi) is 6.27. The van der Waals surface area contributed by atoms with Gasteiger partial charge in [-0.3, -0.25) is 15.0 Å². The highest BCUT2D eigenvalue weighted by molar-refractivity contribution is 8.19. The van der Waals surface area contributed by atoms with Gasteiger partial charge in [0.2, 0.25) is 0 Å². The molecule has 1 aromatic carbocycles. The third kappa shape index (κ3) is 6.36. The summed E-state index contributed by atoms with van der Waals surface area (Å²) < 4.78 is 13.2. The molecule has 0 aliphatic carbocycles. The normalized spacial score (nSPS) is 12.0. The lowest BCUT2D eigenvalue weighted by Crippen LogP contribution is -2.45. The third-order valence-corrected chi connectivity index (χ3v) is 3.55. The number of carbonyl (C=O) groups is 2. The van der Waals surface area contributed by atoms with E-state index in [2.05, 4.69) is 5.32 Å². The second kappa shape index (κ2) is 7.55. The Morgan fingerprint density at radius 1 is 1.30 bits per heavy atom. The van der Waals surface area contributed by atoms with E-state index in [1.165, 1.54) is 6.07 Å². The zero-order valence-corrected chi connectivity index (χ0v) is 14.7. The SMILES string of the molecule is C/C(=C\c1ccc(F)c(C)c1)SC(=N)C(=O)C(=O)NC(C)(C)C. The molecule has 0 atom stereocenters. The molecule has 0 fully saturated rings. The van der Waals surface area contributed by atoms with Gasteiger partial charge in [0.15, 0.2) is 0 Å². The summed E-state index contributed by atoms with van der Waals surface area (Å²) >= 11 is 0.907. The molecule has 2 N–H and O–H groups in total. The van der Waals surface area contributed by atoms with E-state index in [0.29, 0.717) is 10.5 Å². The van der Waals surface area contributed by atoms with Gasteiger partial charge in [0.05, 0.1) is 0 Å². The van der Waals surface area contributed by atoms with Crippen molar-refractivity contribution in [1.29, 1.82) is 5.41 Å². The number of halogens is 1. The van der Waals surface area contributed by atoms with Crippen molar-refractivity contribution >= 4 is 34.6 Å². The molecule has 23 heavy (non-hydrogen) atoms. The van der Waals surface area contributed by atoms with E-state index in [4.69, 9.17) is 5.41 Å². The minimum atomic E-state index is -0.868. The van der Waals surface area contributed by atoms with E-state index in [9.17, 15) is 14.0 Å². The summed E-state index contributed by atoms with van der Waals surface area (Å²) in [5, 5.41) is 9.94. The standard InChI is InChI=1S/C17H21FN2O2S/c1-10-8-12(6-7-13(10)18)9-11(2)23-15(19)14(21)16(22)20-17(3,4)5/h6-9,19H,1-5H3,(H,20,22)/b11-9+,19-15?. The van der Waals surface area contributed by atoms with Crippen LogP contribution in [-0.2, 0) is 9.59 Å². The summed E-state index contributed by atoms with van der Waals surface area (Å²) in [6.07, 6.45) is 1.74. The first kappa shape index (κ1) is 19.1. The lowest BCUT2D eigenvalue weighted by Gasteiger charge is -2.19. The van der Waals surface area contributed by atoms with E-state index < -0.39 is 17.2 Å². The Bertz CT molecular complexity index is 676. The Labute approximate surface area is 140 Å². The zero-order chi connectivity index (χ0) is 17.8. The highest BCUT2D eigenvalue weighted by Crippen LogP contribution is 2.21. The second-order valence-corrected chi connectivity index (χ2v) is 7.48. The number of ketones is 1. The molecule has 1 amide bonds. The molecule has 0 aliphatic rings. The van der Waals surface area contributed by atoms with Gasteiger partial charge in [-0.15, -0.1) is 0 Å². The Hall–Kier alpha value is -1.95. The van der Waals surface area contributed by atoms with Crippen LogP contribution in [0.15, 0.2) is 23.1 Å². The maximum absolute atomic E-state index is 13.2. The molecular formula is C17H21FN2O2S. The number of hydrogen-bond donors (Lipinski definition) is 2. The number of thioether (sulfide) groups is 1. The monoisotopic (exact) mass is 336 g/mol. The number of aryl methyl sites for hydroxylation is 1. The molecular weight excluding hydrogens is 315 g/mol. The smallest absolute Gasteiger partial charge is 0.295 e. The number of amides is 1. The average Bonchev–Trinajstić information content (AvgIpc) is 2.40. The van der Waals surface area contributed by atoms with Crippen molar-refractivity contribution < 1.29 is 14.0 Å². The van der Waals surface area contributed by atoms with Crippen LogP contribution in [0.1, 0.15) is 38.8 Å². The number of nitrogens with one attached hydrogen (secondary N) is 2. The number of hydrogen-bond acceptors (Lipinski definition) is 4. The highest BCUT2D eigenvalue weighted by Gasteiger charge is 2.24. The number of Topliss-reactive ketones (excluding diaryl/α,β-unsaturated/α-hetero) is 1. The largest absolute Gasteiger partial charge is 0.345 e. The molecule has 0 aliphatic heterocycles. The first-order valence-electron chi connectivity index (χ1n) is 7.07. The minimum Gasteiger partial charge on any atom is -0.345 e. The fourth-order valence-corrected chi connectivity index (χ4v) is 2.43. The molecule has 6 heteroatoms. The molecule has 0 unspecified atom stereocenters. The zero-order valence-electron chi connectivity index (χ0n) is 13.9. The summed E-state index contributed by atoms with van der Waals surface area (Å²) in [5.41, 5.74) is 0.759. The highest BCUT2D eigenvalue weighted by atomic mass is 32.2. The lowest BCUT2D eigenvalue weighted by molar-refractivity contribution is -0.135. The van der Waals surface area contributed by atoms with Crippen LogP contribution in [0.4, 0.5) is 4.39 Å². The van der Waals surface area contributed by atoms with Crippen LogP contribution in [0.5, 0.6) is 0 Å². The molecule has 0 aromatic heterocycles. The number of benzene rings is 1. The van der Waals surface area contributed by atoms with Crippen molar-refractivity contribution in [2.75, 3.05) is 0 Å². The molecule has 0 bridgehead atoms. The van der Waals surface area contributed by atoms with Crippen LogP contribution in [0.2, 0.25) is 0 Å². The van der Waals surface area contributed by atoms with E-state index in [0.717, 1.165) is 17.3 Å². The molecule has 0 heterocycles. The van der Waals surface area contributed by atoms with Crippen LogP contribution in [-0.4, -0.2) is 22.3 Å². The van der Waals surface area contributed by atoms with Crippen molar-refractivity contribution in [2.45, 2.75) is 40.2 Å². The first-order valence-corrected chi connectivity index (χ1v) is 7.89. The Morgan fingerprint density at radius 3 is 2.43 bits per heavy atom. The van der Waals surface area contributed by atoms with E-state index >= 15 is 0 Å². The Morgan fingerprint density at radius 2 is 1.91 bits per heavy atom. The van der Waals surface area contributed by atoms with Gasteiger partial charge < -0.3 is 5.32 Å². The molecule has 1 rings (SSSR count). The van der Waals surface area contributed by atoms with Crippen molar-refractivity contribution in [3.8, 4) is 0 Å². The van der Waals surface area contributed by atoms with Crippen molar-refractivity contribution in [3.63, 3.8) is 0 Å². The molecule has 4 nitrogen and oxygen atoms in total. The van der Waals surface area contributed by atoms with Gasteiger partial charge in [-0.2, -0.15) is 0 Å². The van der Waals surface area contributed by atoms with Gasteiger partial charge in [-0.05, 0) is 68.9 Å². The van der Waals surface area contributed by atoms with Crippen LogP contribution in [0, 0.1) is 18.2 Å². The predicted octanol–water partition coefficient (Wildman–Crippen LogP) is 3.69. The van der Waals surface area contributed by atoms with Gasteiger partial charge in [0.1, 0.15) is 10.9 Å². The summed E-state index contributed by atoms with van der Waals surface area (Å²) in [7, 11) is 0. The van der Waals surface area contributed by atoms with Crippen molar-refractivity contribution in [3.05, 3.63) is 40.0 Å².